The van der Waals surface area contributed by atoms with Crippen molar-refractivity contribution in [1.82, 2.24) is 14.4 Å². The number of nitrogens with zero attached hydrogens (tertiary/aromatic N) is 4. The highest BCUT2D eigenvalue weighted by atomic mass is 15.1. The molecule has 0 spiro atoms. The molecule has 2 aromatic carbocycles. The van der Waals surface area contributed by atoms with Crippen molar-refractivity contribution >= 4 is 35.8 Å². The van der Waals surface area contributed by atoms with Gasteiger partial charge in [-0.3, -0.25) is 4.40 Å². The van der Waals surface area contributed by atoms with Gasteiger partial charge in [0, 0.05) is 24.3 Å². The van der Waals surface area contributed by atoms with Gasteiger partial charge in [-0.15, -0.1) is 0 Å². The Morgan fingerprint density at radius 1 is 1.28 bits per heavy atom. The van der Waals surface area contributed by atoms with Gasteiger partial charge in [0.15, 0.2) is 0 Å². The van der Waals surface area contributed by atoms with Gasteiger partial charge in [-0.1, -0.05) is 29.7 Å². The van der Waals surface area contributed by atoms with E-state index in [0.717, 1.165) is 27.8 Å². The molecule has 0 aliphatic heterocycles. The van der Waals surface area contributed by atoms with Crippen molar-refractivity contribution in [1.29, 1.82) is 5.26 Å². The van der Waals surface area contributed by atoms with E-state index in [2.05, 4.69) is 21.4 Å². The molecule has 25 heavy (non-hydrogen) atoms. The third-order valence-electron chi connectivity index (χ3n) is 4.38. The summed E-state index contributed by atoms with van der Waals surface area (Å²) in [5.41, 5.74) is 4.38. The number of anilines is 1. The fraction of sp³-hybridized carbons (Fsp3) is 0.105. The van der Waals surface area contributed by atoms with Crippen molar-refractivity contribution in [3.05, 3.63) is 65.5 Å². The largest absolute Gasteiger partial charge is 0.365 e. The maximum Gasteiger partial charge on any atom is 0.236 e. The van der Waals surface area contributed by atoms with Gasteiger partial charge >= 0.3 is 0 Å². The minimum absolute atomic E-state index is 0.565. The lowest BCUT2D eigenvalue weighted by Crippen LogP contribution is -2.08. The molecule has 0 fully saturated rings. The molecule has 0 bridgehead atoms. The van der Waals surface area contributed by atoms with Gasteiger partial charge in [0.25, 0.3) is 0 Å². The SMILES string of the molecule is [B]c1ccc2c(c1)c(NCc1cccc(C#N)c1C)nc1nccn12. The summed E-state index contributed by atoms with van der Waals surface area (Å²) >= 11 is 0. The van der Waals surface area contributed by atoms with Crippen LogP contribution in [0.2, 0.25) is 0 Å². The molecule has 0 unspecified atom stereocenters. The minimum Gasteiger partial charge on any atom is -0.365 e. The van der Waals surface area contributed by atoms with Crippen molar-refractivity contribution in [3.63, 3.8) is 0 Å². The number of nitriles is 1. The number of imidazole rings is 1. The van der Waals surface area contributed by atoms with E-state index < -0.39 is 0 Å². The first-order valence-corrected chi connectivity index (χ1v) is 7.92. The number of aromatic nitrogens is 3. The van der Waals surface area contributed by atoms with Crippen molar-refractivity contribution in [2.24, 2.45) is 0 Å². The van der Waals surface area contributed by atoms with Crippen LogP contribution in [-0.2, 0) is 6.54 Å². The van der Waals surface area contributed by atoms with Crippen LogP contribution in [0, 0.1) is 18.3 Å². The van der Waals surface area contributed by atoms with Crippen LogP contribution in [0.5, 0.6) is 0 Å². The first-order valence-electron chi connectivity index (χ1n) is 7.92. The highest BCUT2D eigenvalue weighted by Crippen LogP contribution is 2.23. The monoisotopic (exact) mass is 323 g/mol. The number of fused-ring (bicyclic) bond motifs is 3. The topological polar surface area (TPSA) is 66.0 Å². The molecule has 0 saturated heterocycles. The molecule has 0 amide bonds. The van der Waals surface area contributed by atoms with Gasteiger partial charge < -0.3 is 5.32 Å². The Labute approximate surface area is 146 Å². The molecule has 0 saturated carbocycles. The van der Waals surface area contributed by atoms with E-state index in [-0.39, 0.29) is 0 Å². The van der Waals surface area contributed by atoms with Crippen LogP contribution in [0.25, 0.3) is 16.7 Å². The number of hydrogen-bond acceptors (Lipinski definition) is 4. The summed E-state index contributed by atoms with van der Waals surface area (Å²) in [6, 6.07) is 13.7. The van der Waals surface area contributed by atoms with Gasteiger partial charge in [0.2, 0.25) is 5.78 Å². The molecule has 4 rings (SSSR count). The summed E-state index contributed by atoms with van der Waals surface area (Å²) in [7, 11) is 5.96. The third-order valence-corrected chi connectivity index (χ3v) is 4.38. The predicted octanol–water partition coefficient (Wildman–Crippen LogP) is 2.47. The molecule has 2 radical (unpaired) electrons. The Kier molecular flexibility index (Phi) is 3.62. The minimum atomic E-state index is 0.565. The van der Waals surface area contributed by atoms with Gasteiger partial charge in [-0.25, -0.2) is 4.98 Å². The van der Waals surface area contributed by atoms with Gasteiger partial charge in [0.05, 0.1) is 17.1 Å². The van der Waals surface area contributed by atoms with Crippen molar-refractivity contribution in [2.75, 3.05) is 5.32 Å². The van der Waals surface area contributed by atoms with E-state index >= 15 is 0 Å². The van der Waals surface area contributed by atoms with Crippen LogP contribution in [0.3, 0.4) is 0 Å². The normalized spacial score (nSPS) is 10.9. The highest BCUT2D eigenvalue weighted by molar-refractivity contribution is 6.33. The van der Waals surface area contributed by atoms with E-state index in [1.54, 1.807) is 6.20 Å². The fourth-order valence-electron chi connectivity index (χ4n) is 2.99. The summed E-state index contributed by atoms with van der Waals surface area (Å²) in [5.74, 6) is 1.35. The zero-order valence-electron chi connectivity index (χ0n) is 13.7. The maximum absolute atomic E-state index is 9.19. The molecule has 4 aromatic rings. The van der Waals surface area contributed by atoms with Gasteiger partial charge in [-0.05, 0) is 30.2 Å². The molecule has 118 valence electrons. The lowest BCUT2D eigenvalue weighted by Gasteiger charge is -2.13. The Morgan fingerprint density at radius 3 is 3.00 bits per heavy atom. The van der Waals surface area contributed by atoms with E-state index in [1.165, 1.54) is 0 Å². The Balaban J connectivity index is 1.78. The van der Waals surface area contributed by atoms with Crippen molar-refractivity contribution < 1.29 is 0 Å². The van der Waals surface area contributed by atoms with Crippen LogP contribution < -0.4 is 10.8 Å². The molecule has 2 heterocycles. The van der Waals surface area contributed by atoms with E-state index in [4.69, 9.17) is 7.85 Å². The quantitative estimate of drug-likeness (QED) is 0.588. The molecule has 0 aliphatic rings. The first kappa shape index (κ1) is 15.2. The summed E-state index contributed by atoms with van der Waals surface area (Å²) in [5, 5.41) is 13.5. The van der Waals surface area contributed by atoms with Gasteiger partial charge in [0.1, 0.15) is 13.7 Å². The predicted molar refractivity (Wildman–Crippen MR) is 99.1 cm³/mol. The van der Waals surface area contributed by atoms with Crippen LogP contribution in [0.4, 0.5) is 5.82 Å². The first-order chi connectivity index (χ1) is 12.2. The van der Waals surface area contributed by atoms with Crippen LogP contribution in [0.1, 0.15) is 16.7 Å². The zero-order valence-corrected chi connectivity index (χ0v) is 13.7. The number of hydrogen-bond donors (Lipinski definition) is 1. The Morgan fingerprint density at radius 2 is 2.16 bits per heavy atom. The second kappa shape index (κ2) is 5.95. The smallest absolute Gasteiger partial charge is 0.236 e. The average Bonchev–Trinajstić information content (AvgIpc) is 3.09. The Hall–Kier alpha value is -3.33. The lowest BCUT2D eigenvalue weighted by molar-refractivity contribution is 1.08. The summed E-state index contributed by atoms with van der Waals surface area (Å²) < 4.78 is 1.93. The molecule has 1 N–H and O–H groups in total. The van der Waals surface area contributed by atoms with Crippen LogP contribution in [-0.4, -0.2) is 22.2 Å². The number of benzene rings is 2. The lowest BCUT2D eigenvalue weighted by atomic mass is 9.95. The molecule has 0 aliphatic carbocycles. The second-order valence-electron chi connectivity index (χ2n) is 5.89. The molecular weight excluding hydrogens is 309 g/mol. The second-order valence-corrected chi connectivity index (χ2v) is 5.89. The van der Waals surface area contributed by atoms with Crippen molar-refractivity contribution in [3.8, 4) is 6.07 Å². The average molecular weight is 323 g/mol. The molecule has 0 atom stereocenters. The fourth-order valence-corrected chi connectivity index (χ4v) is 2.99. The summed E-state index contributed by atoms with van der Waals surface area (Å²) in [6.45, 7) is 2.52. The number of nitrogens with one attached hydrogen (secondary N) is 1. The molecule has 5 nitrogen and oxygen atoms in total. The zero-order chi connectivity index (χ0) is 17.4. The maximum atomic E-state index is 9.19. The summed E-state index contributed by atoms with van der Waals surface area (Å²) in [6.07, 6.45) is 3.60. The van der Waals surface area contributed by atoms with E-state index in [0.29, 0.717) is 23.3 Å². The van der Waals surface area contributed by atoms with E-state index in [9.17, 15) is 5.26 Å². The summed E-state index contributed by atoms with van der Waals surface area (Å²) in [4.78, 5) is 8.90. The van der Waals surface area contributed by atoms with Crippen LogP contribution in [0.15, 0.2) is 48.8 Å². The Bertz CT molecular complexity index is 1140. The van der Waals surface area contributed by atoms with E-state index in [1.807, 2.05) is 53.9 Å². The van der Waals surface area contributed by atoms with Crippen LogP contribution >= 0.6 is 0 Å². The van der Waals surface area contributed by atoms with Crippen molar-refractivity contribution in [2.45, 2.75) is 13.5 Å². The molecule has 2 aromatic heterocycles. The van der Waals surface area contributed by atoms with Gasteiger partial charge in [-0.2, -0.15) is 10.2 Å². The molecule has 6 heteroatoms. The highest BCUT2D eigenvalue weighted by Gasteiger charge is 2.10. The standard InChI is InChI=1S/C19H14BN5/c1-12-13(10-21)3-2-4-14(12)11-23-18-16-9-15(20)5-6-17(16)25-8-7-22-19(25)24-18/h2-9H,11H2,1H3,(H,22,23,24). The third kappa shape index (κ3) is 2.60. The number of rotatable bonds is 3. The molecular formula is C19H14BN5.